The fourth-order valence-electron chi connectivity index (χ4n) is 1.64. The van der Waals surface area contributed by atoms with E-state index in [1.165, 1.54) is 4.88 Å². The van der Waals surface area contributed by atoms with Crippen molar-refractivity contribution in [2.45, 2.75) is 31.6 Å². The monoisotopic (exact) mass is 204 g/mol. The Labute approximate surface area is 80.4 Å². The van der Waals surface area contributed by atoms with Crippen LogP contribution in [0.3, 0.4) is 0 Å². The zero-order chi connectivity index (χ0) is 8.72. The van der Waals surface area contributed by atoms with Gasteiger partial charge in [0.25, 0.3) is 0 Å². The van der Waals surface area contributed by atoms with Crippen molar-refractivity contribution >= 4 is 22.9 Å². The summed E-state index contributed by atoms with van der Waals surface area (Å²) in [7, 11) is 0. The van der Waals surface area contributed by atoms with Crippen LogP contribution in [0.4, 0.5) is 4.39 Å². The van der Waals surface area contributed by atoms with Crippen LogP contribution in [-0.4, -0.2) is 5.38 Å². The molecule has 1 aliphatic carbocycles. The van der Waals surface area contributed by atoms with Crippen molar-refractivity contribution in [2.24, 2.45) is 0 Å². The number of hydrogen-bond donors (Lipinski definition) is 0. The minimum absolute atomic E-state index is 0.0136. The predicted molar refractivity (Wildman–Crippen MR) is 50.7 cm³/mol. The number of thiophene rings is 1. The van der Waals surface area contributed by atoms with Gasteiger partial charge in [0, 0.05) is 20.7 Å². The smallest absolute Gasteiger partial charge is 0.140 e. The summed E-state index contributed by atoms with van der Waals surface area (Å²) in [6.45, 7) is 1.83. The normalized spacial score (nSPS) is 22.4. The lowest BCUT2D eigenvalue weighted by atomic mass is 9.98. The van der Waals surface area contributed by atoms with Gasteiger partial charge in [-0.2, -0.15) is 0 Å². The number of halogens is 2. The van der Waals surface area contributed by atoms with Crippen LogP contribution in [0.2, 0.25) is 0 Å². The van der Waals surface area contributed by atoms with E-state index in [-0.39, 0.29) is 11.2 Å². The number of fused-ring (bicyclic) bond motifs is 1. The van der Waals surface area contributed by atoms with Gasteiger partial charge in [-0.1, -0.05) is 0 Å². The first kappa shape index (κ1) is 8.52. The molecule has 12 heavy (non-hydrogen) atoms. The predicted octanol–water partition coefficient (Wildman–Crippen LogP) is 3.29. The van der Waals surface area contributed by atoms with Crippen molar-refractivity contribution in [1.29, 1.82) is 0 Å². The molecule has 1 unspecified atom stereocenters. The molecule has 1 aromatic rings. The largest absolute Gasteiger partial charge is 0.205 e. The second-order valence-electron chi connectivity index (χ2n) is 3.21. The minimum Gasteiger partial charge on any atom is -0.205 e. The van der Waals surface area contributed by atoms with Crippen molar-refractivity contribution < 1.29 is 4.39 Å². The van der Waals surface area contributed by atoms with E-state index < -0.39 is 0 Å². The van der Waals surface area contributed by atoms with Gasteiger partial charge in [-0.3, -0.25) is 0 Å². The Morgan fingerprint density at radius 2 is 2.33 bits per heavy atom. The molecule has 0 radical (unpaired) electrons. The molecule has 1 atom stereocenters. The molecule has 0 fully saturated rings. The first-order chi connectivity index (χ1) is 5.68. The Morgan fingerprint density at radius 1 is 1.58 bits per heavy atom. The Balaban J connectivity index is 2.44. The standard InChI is InChI=1S/C9H10ClFS/c1-5-9(11)7-4-6(10)2-3-8(7)12-5/h6H,2-4H2,1H3. The summed E-state index contributed by atoms with van der Waals surface area (Å²) in [5.74, 6) is -0.0136. The fourth-order valence-corrected chi connectivity index (χ4v) is 3.00. The van der Waals surface area contributed by atoms with Crippen LogP contribution >= 0.6 is 22.9 Å². The number of aryl methyl sites for hydroxylation is 2. The van der Waals surface area contributed by atoms with E-state index in [0.29, 0.717) is 6.42 Å². The highest BCUT2D eigenvalue weighted by atomic mass is 35.5. The zero-order valence-electron chi connectivity index (χ0n) is 6.86. The second-order valence-corrected chi connectivity index (χ2v) is 5.14. The van der Waals surface area contributed by atoms with E-state index in [1.54, 1.807) is 11.3 Å². The molecule has 0 amide bonds. The first-order valence-corrected chi connectivity index (χ1v) is 5.34. The van der Waals surface area contributed by atoms with Gasteiger partial charge >= 0.3 is 0 Å². The molecule has 0 aliphatic heterocycles. The highest BCUT2D eigenvalue weighted by molar-refractivity contribution is 7.12. The van der Waals surface area contributed by atoms with E-state index in [4.69, 9.17) is 11.6 Å². The summed E-state index contributed by atoms with van der Waals surface area (Å²) in [6, 6.07) is 0. The van der Waals surface area contributed by atoms with E-state index in [0.717, 1.165) is 23.3 Å². The summed E-state index contributed by atoms with van der Waals surface area (Å²) >= 11 is 7.55. The average Bonchev–Trinajstić information content (AvgIpc) is 2.31. The second kappa shape index (κ2) is 3.00. The highest BCUT2D eigenvalue weighted by Gasteiger charge is 2.23. The van der Waals surface area contributed by atoms with Crippen LogP contribution in [0.25, 0.3) is 0 Å². The van der Waals surface area contributed by atoms with Gasteiger partial charge in [0.1, 0.15) is 5.82 Å². The molecule has 0 N–H and O–H groups in total. The Kier molecular flexibility index (Phi) is 2.13. The van der Waals surface area contributed by atoms with Gasteiger partial charge in [-0.25, -0.2) is 4.39 Å². The molecule has 3 heteroatoms. The lowest BCUT2D eigenvalue weighted by Gasteiger charge is -2.15. The molecule has 1 heterocycles. The molecular weight excluding hydrogens is 195 g/mol. The van der Waals surface area contributed by atoms with E-state index in [1.807, 2.05) is 6.92 Å². The van der Waals surface area contributed by atoms with E-state index >= 15 is 0 Å². The molecule has 1 aliphatic rings. The number of rotatable bonds is 0. The van der Waals surface area contributed by atoms with Crippen LogP contribution in [0.5, 0.6) is 0 Å². The lowest BCUT2D eigenvalue weighted by Crippen LogP contribution is -2.12. The van der Waals surface area contributed by atoms with Crippen molar-refractivity contribution in [3.05, 3.63) is 21.1 Å². The van der Waals surface area contributed by atoms with Crippen molar-refractivity contribution in [3.8, 4) is 0 Å². The van der Waals surface area contributed by atoms with Crippen LogP contribution in [0, 0.1) is 12.7 Å². The Bertz CT molecular complexity index is 306. The third-order valence-electron chi connectivity index (χ3n) is 2.30. The zero-order valence-corrected chi connectivity index (χ0v) is 8.44. The van der Waals surface area contributed by atoms with E-state index in [9.17, 15) is 4.39 Å². The highest BCUT2D eigenvalue weighted by Crippen LogP contribution is 2.34. The number of alkyl halides is 1. The van der Waals surface area contributed by atoms with Crippen molar-refractivity contribution in [2.75, 3.05) is 0 Å². The number of hydrogen-bond acceptors (Lipinski definition) is 1. The van der Waals surface area contributed by atoms with Crippen LogP contribution in [0.1, 0.15) is 21.7 Å². The van der Waals surface area contributed by atoms with Gasteiger partial charge in [0.05, 0.1) is 0 Å². The quantitative estimate of drug-likeness (QED) is 0.569. The average molecular weight is 205 g/mol. The third-order valence-corrected chi connectivity index (χ3v) is 3.85. The van der Waals surface area contributed by atoms with Crippen molar-refractivity contribution in [1.82, 2.24) is 0 Å². The maximum Gasteiger partial charge on any atom is 0.140 e. The molecule has 0 saturated heterocycles. The van der Waals surface area contributed by atoms with Gasteiger partial charge in [0.2, 0.25) is 0 Å². The van der Waals surface area contributed by atoms with E-state index in [2.05, 4.69) is 0 Å². The van der Waals surface area contributed by atoms with Crippen molar-refractivity contribution in [3.63, 3.8) is 0 Å². The summed E-state index contributed by atoms with van der Waals surface area (Å²) in [5.41, 5.74) is 0.878. The molecule has 0 aromatic carbocycles. The summed E-state index contributed by atoms with van der Waals surface area (Å²) in [6.07, 6.45) is 2.67. The molecular formula is C9H10ClFS. The molecule has 66 valence electrons. The third kappa shape index (κ3) is 1.27. The molecule has 1 aromatic heterocycles. The van der Waals surface area contributed by atoms with Crippen LogP contribution < -0.4 is 0 Å². The van der Waals surface area contributed by atoms with Gasteiger partial charge in [-0.15, -0.1) is 22.9 Å². The fraction of sp³-hybridized carbons (Fsp3) is 0.556. The van der Waals surface area contributed by atoms with Gasteiger partial charge in [0.15, 0.2) is 0 Å². The molecule has 0 nitrogen and oxygen atoms in total. The summed E-state index contributed by atoms with van der Waals surface area (Å²) in [4.78, 5) is 2.02. The topological polar surface area (TPSA) is 0 Å². The molecule has 0 spiro atoms. The van der Waals surface area contributed by atoms with Crippen LogP contribution in [0.15, 0.2) is 0 Å². The molecule has 0 saturated carbocycles. The lowest BCUT2D eigenvalue weighted by molar-refractivity contribution is 0.587. The summed E-state index contributed by atoms with van der Waals surface area (Å²) in [5, 5.41) is 0.140. The molecule has 2 rings (SSSR count). The Hall–Kier alpha value is -0.0800. The van der Waals surface area contributed by atoms with Gasteiger partial charge in [-0.05, 0) is 26.2 Å². The SMILES string of the molecule is Cc1sc2c(c1F)CC(Cl)CC2. The maximum atomic E-state index is 13.4. The minimum atomic E-state index is -0.0136. The Morgan fingerprint density at radius 3 is 3.08 bits per heavy atom. The molecule has 0 bridgehead atoms. The van der Waals surface area contributed by atoms with Crippen LogP contribution in [-0.2, 0) is 12.8 Å². The van der Waals surface area contributed by atoms with Gasteiger partial charge < -0.3 is 0 Å². The first-order valence-electron chi connectivity index (χ1n) is 4.09. The maximum absolute atomic E-state index is 13.4. The summed E-state index contributed by atoms with van der Waals surface area (Å²) < 4.78 is 13.4.